The van der Waals surface area contributed by atoms with Crippen LogP contribution in [0.1, 0.15) is 29.8 Å². The van der Waals surface area contributed by atoms with Gasteiger partial charge in [-0.05, 0) is 44.5 Å². The number of esters is 2. The highest BCUT2D eigenvalue weighted by Crippen LogP contribution is 2.13. The van der Waals surface area contributed by atoms with Crippen LogP contribution in [0.5, 0.6) is 0 Å². The SMILES string of the molecule is Cc1cc(N)ccc1C(=O)OCC(=O)OC(C)C. The molecule has 98 valence electrons. The number of hydrogen-bond acceptors (Lipinski definition) is 5. The molecule has 0 aliphatic rings. The molecule has 5 heteroatoms. The monoisotopic (exact) mass is 251 g/mol. The van der Waals surface area contributed by atoms with Crippen molar-refractivity contribution in [2.24, 2.45) is 0 Å². The Bertz CT molecular complexity index is 454. The lowest BCUT2D eigenvalue weighted by Crippen LogP contribution is -2.20. The Balaban J connectivity index is 2.58. The maximum atomic E-state index is 11.7. The van der Waals surface area contributed by atoms with Crippen LogP contribution >= 0.6 is 0 Å². The number of nitrogen functional groups attached to an aromatic ring is 1. The van der Waals surface area contributed by atoms with Gasteiger partial charge in [0.2, 0.25) is 0 Å². The Kier molecular flexibility index (Phi) is 4.71. The van der Waals surface area contributed by atoms with Crippen molar-refractivity contribution < 1.29 is 19.1 Å². The first kappa shape index (κ1) is 14.0. The lowest BCUT2D eigenvalue weighted by atomic mass is 10.1. The summed E-state index contributed by atoms with van der Waals surface area (Å²) in [7, 11) is 0. The number of hydrogen-bond donors (Lipinski definition) is 1. The van der Waals surface area contributed by atoms with E-state index in [0.717, 1.165) is 0 Å². The molecule has 0 heterocycles. The highest BCUT2D eigenvalue weighted by atomic mass is 16.6. The summed E-state index contributed by atoms with van der Waals surface area (Å²) in [5.41, 5.74) is 7.25. The van der Waals surface area contributed by atoms with E-state index in [-0.39, 0.29) is 12.7 Å². The van der Waals surface area contributed by atoms with Gasteiger partial charge in [0.05, 0.1) is 11.7 Å². The predicted molar refractivity (Wildman–Crippen MR) is 67.1 cm³/mol. The minimum Gasteiger partial charge on any atom is -0.460 e. The van der Waals surface area contributed by atoms with Gasteiger partial charge >= 0.3 is 11.9 Å². The summed E-state index contributed by atoms with van der Waals surface area (Å²) in [6.07, 6.45) is -0.227. The molecule has 0 saturated heterocycles. The van der Waals surface area contributed by atoms with Gasteiger partial charge in [-0.2, -0.15) is 0 Å². The fourth-order valence-electron chi connectivity index (χ4n) is 1.42. The first-order valence-electron chi connectivity index (χ1n) is 5.63. The normalized spacial score (nSPS) is 10.2. The van der Waals surface area contributed by atoms with Crippen LogP contribution in [-0.2, 0) is 14.3 Å². The molecular weight excluding hydrogens is 234 g/mol. The third-order valence-corrected chi connectivity index (χ3v) is 2.16. The van der Waals surface area contributed by atoms with Crippen molar-refractivity contribution in [3.05, 3.63) is 29.3 Å². The molecule has 0 fully saturated rings. The van der Waals surface area contributed by atoms with Crippen LogP contribution in [0.25, 0.3) is 0 Å². The van der Waals surface area contributed by atoms with Crippen molar-refractivity contribution in [1.29, 1.82) is 0 Å². The smallest absolute Gasteiger partial charge is 0.344 e. The molecular formula is C13H17NO4. The second kappa shape index (κ2) is 6.05. The Morgan fingerprint density at radius 1 is 1.33 bits per heavy atom. The van der Waals surface area contributed by atoms with Crippen molar-refractivity contribution in [1.82, 2.24) is 0 Å². The number of ether oxygens (including phenoxy) is 2. The second-order valence-corrected chi connectivity index (χ2v) is 4.19. The number of nitrogens with two attached hydrogens (primary N) is 1. The van der Waals surface area contributed by atoms with E-state index in [2.05, 4.69) is 0 Å². The Morgan fingerprint density at radius 2 is 2.00 bits per heavy atom. The summed E-state index contributed by atoms with van der Waals surface area (Å²) in [4.78, 5) is 22.9. The third-order valence-electron chi connectivity index (χ3n) is 2.16. The van der Waals surface area contributed by atoms with Crippen LogP contribution in [0.4, 0.5) is 5.69 Å². The van der Waals surface area contributed by atoms with Gasteiger partial charge in [0.15, 0.2) is 6.61 Å². The Labute approximate surface area is 106 Å². The number of anilines is 1. The van der Waals surface area contributed by atoms with E-state index in [0.29, 0.717) is 16.8 Å². The van der Waals surface area contributed by atoms with Gasteiger partial charge in [0.25, 0.3) is 0 Å². The van der Waals surface area contributed by atoms with Crippen LogP contribution in [0.2, 0.25) is 0 Å². The lowest BCUT2D eigenvalue weighted by Gasteiger charge is -2.09. The van der Waals surface area contributed by atoms with Crippen LogP contribution in [0.3, 0.4) is 0 Å². The van der Waals surface area contributed by atoms with E-state index in [1.54, 1.807) is 39.0 Å². The van der Waals surface area contributed by atoms with E-state index in [1.165, 1.54) is 0 Å². The zero-order valence-corrected chi connectivity index (χ0v) is 10.7. The molecule has 0 unspecified atom stereocenters. The average Bonchev–Trinajstić information content (AvgIpc) is 2.25. The molecule has 0 aliphatic carbocycles. The summed E-state index contributed by atoms with van der Waals surface area (Å²) >= 11 is 0. The maximum Gasteiger partial charge on any atom is 0.344 e. The van der Waals surface area contributed by atoms with Gasteiger partial charge < -0.3 is 15.2 Å². The molecule has 1 aromatic carbocycles. The molecule has 0 aromatic heterocycles. The molecule has 18 heavy (non-hydrogen) atoms. The molecule has 0 spiro atoms. The highest BCUT2D eigenvalue weighted by Gasteiger charge is 2.13. The quantitative estimate of drug-likeness (QED) is 0.650. The first-order valence-corrected chi connectivity index (χ1v) is 5.63. The number of carbonyl (C=O) groups is 2. The van der Waals surface area contributed by atoms with Crippen molar-refractivity contribution in [3.8, 4) is 0 Å². The number of carbonyl (C=O) groups excluding carboxylic acids is 2. The maximum absolute atomic E-state index is 11.7. The zero-order chi connectivity index (χ0) is 13.7. The molecule has 0 bridgehead atoms. The van der Waals surface area contributed by atoms with Crippen LogP contribution in [0.15, 0.2) is 18.2 Å². The Hall–Kier alpha value is -2.04. The Morgan fingerprint density at radius 3 is 2.56 bits per heavy atom. The summed E-state index contributed by atoms with van der Waals surface area (Å²) in [6, 6.07) is 4.85. The molecule has 0 saturated carbocycles. The average molecular weight is 251 g/mol. The molecule has 1 aromatic rings. The number of rotatable bonds is 4. The summed E-state index contributed by atoms with van der Waals surface area (Å²) in [5.74, 6) is -1.13. The summed E-state index contributed by atoms with van der Waals surface area (Å²) < 4.78 is 9.71. The molecule has 0 atom stereocenters. The molecule has 0 amide bonds. The number of aryl methyl sites for hydroxylation is 1. The molecule has 1 rings (SSSR count). The topological polar surface area (TPSA) is 78.6 Å². The van der Waals surface area contributed by atoms with Crippen molar-refractivity contribution in [3.63, 3.8) is 0 Å². The summed E-state index contributed by atoms with van der Waals surface area (Å²) in [5, 5.41) is 0. The number of benzene rings is 1. The van der Waals surface area contributed by atoms with E-state index >= 15 is 0 Å². The molecule has 0 radical (unpaired) electrons. The highest BCUT2D eigenvalue weighted by molar-refractivity contribution is 5.92. The van der Waals surface area contributed by atoms with Gasteiger partial charge in [0.1, 0.15) is 0 Å². The van der Waals surface area contributed by atoms with Crippen LogP contribution in [0, 0.1) is 6.92 Å². The minimum atomic E-state index is -0.563. The largest absolute Gasteiger partial charge is 0.460 e. The predicted octanol–water partition coefficient (Wildman–Crippen LogP) is 1.69. The first-order chi connectivity index (χ1) is 8.40. The van der Waals surface area contributed by atoms with Crippen molar-refractivity contribution in [2.75, 3.05) is 12.3 Å². The van der Waals surface area contributed by atoms with E-state index in [4.69, 9.17) is 15.2 Å². The fraction of sp³-hybridized carbons (Fsp3) is 0.385. The zero-order valence-electron chi connectivity index (χ0n) is 10.7. The van der Waals surface area contributed by atoms with Gasteiger partial charge in [-0.15, -0.1) is 0 Å². The van der Waals surface area contributed by atoms with Crippen molar-refractivity contribution >= 4 is 17.6 Å². The van der Waals surface area contributed by atoms with Gasteiger partial charge in [-0.1, -0.05) is 0 Å². The molecule has 0 aliphatic heterocycles. The fourth-order valence-corrected chi connectivity index (χ4v) is 1.42. The van der Waals surface area contributed by atoms with Gasteiger partial charge in [-0.3, -0.25) is 0 Å². The van der Waals surface area contributed by atoms with Crippen LogP contribution in [-0.4, -0.2) is 24.6 Å². The summed E-state index contributed by atoms with van der Waals surface area (Å²) in [6.45, 7) is 4.81. The van der Waals surface area contributed by atoms with Crippen LogP contribution < -0.4 is 5.73 Å². The van der Waals surface area contributed by atoms with E-state index in [9.17, 15) is 9.59 Å². The van der Waals surface area contributed by atoms with E-state index in [1.807, 2.05) is 0 Å². The van der Waals surface area contributed by atoms with E-state index < -0.39 is 11.9 Å². The lowest BCUT2D eigenvalue weighted by molar-refractivity contribution is -0.150. The molecule has 5 nitrogen and oxygen atoms in total. The third kappa shape index (κ3) is 4.08. The van der Waals surface area contributed by atoms with Crippen molar-refractivity contribution in [2.45, 2.75) is 26.9 Å². The molecule has 2 N–H and O–H groups in total. The van der Waals surface area contributed by atoms with Gasteiger partial charge in [0, 0.05) is 5.69 Å². The van der Waals surface area contributed by atoms with Gasteiger partial charge in [-0.25, -0.2) is 9.59 Å². The second-order valence-electron chi connectivity index (χ2n) is 4.19. The minimum absolute atomic E-state index is 0.227. The standard InChI is InChI=1S/C13H17NO4/c1-8(2)18-12(15)7-17-13(16)11-5-4-10(14)6-9(11)3/h4-6,8H,7,14H2,1-3H3.